The minimum absolute atomic E-state index is 0.0122. The quantitative estimate of drug-likeness (QED) is 0.755. The average Bonchev–Trinajstić information content (AvgIpc) is 2.80. The highest BCUT2D eigenvalue weighted by atomic mass is 79.9. The smallest absolute Gasteiger partial charge is 0.433 e. The Kier molecular flexibility index (Phi) is 4.55. The molecule has 0 N–H and O–H groups in total. The first-order valence-corrected chi connectivity index (χ1v) is 6.91. The van der Waals surface area contributed by atoms with Gasteiger partial charge in [0, 0.05) is 16.2 Å². The summed E-state index contributed by atoms with van der Waals surface area (Å²) in [6.45, 7) is 3.21. The SMILES string of the molecule is CCOC(=O)c1c(-c2cc(C(F)(F)F)ncc2Br)noc1C. The van der Waals surface area contributed by atoms with Gasteiger partial charge < -0.3 is 9.26 Å². The summed E-state index contributed by atoms with van der Waals surface area (Å²) in [5.74, 6) is -0.556. The molecule has 0 aliphatic carbocycles. The molecule has 0 bridgehead atoms. The summed E-state index contributed by atoms with van der Waals surface area (Å²) >= 11 is 3.10. The summed E-state index contributed by atoms with van der Waals surface area (Å²) in [7, 11) is 0. The molecule has 22 heavy (non-hydrogen) atoms. The van der Waals surface area contributed by atoms with Crippen molar-refractivity contribution in [2.24, 2.45) is 0 Å². The van der Waals surface area contributed by atoms with E-state index in [1.165, 1.54) is 6.92 Å². The molecule has 0 radical (unpaired) electrons. The van der Waals surface area contributed by atoms with Crippen molar-refractivity contribution in [3.05, 3.63) is 33.8 Å². The van der Waals surface area contributed by atoms with Crippen LogP contribution in [0.25, 0.3) is 11.3 Å². The third kappa shape index (κ3) is 3.13. The van der Waals surface area contributed by atoms with Gasteiger partial charge in [-0.25, -0.2) is 4.79 Å². The fourth-order valence-electron chi connectivity index (χ4n) is 1.77. The monoisotopic (exact) mass is 378 g/mol. The summed E-state index contributed by atoms with van der Waals surface area (Å²) in [4.78, 5) is 15.2. The van der Waals surface area contributed by atoms with Crippen LogP contribution in [0.3, 0.4) is 0 Å². The molecule has 9 heteroatoms. The number of rotatable bonds is 3. The Hall–Kier alpha value is -1.90. The second-order valence-electron chi connectivity index (χ2n) is 4.23. The average molecular weight is 379 g/mol. The zero-order chi connectivity index (χ0) is 16.5. The maximum Gasteiger partial charge on any atom is 0.433 e. The number of esters is 1. The number of carbonyl (C=O) groups is 1. The van der Waals surface area contributed by atoms with Gasteiger partial charge in [-0.1, -0.05) is 5.16 Å². The van der Waals surface area contributed by atoms with Gasteiger partial charge in [-0.15, -0.1) is 0 Å². The van der Waals surface area contributed by atoms with Gasteiger partial charge in [-0.3, -0.25) is 4.98 Å². The van der Waals surface area contributed by atoms with E-state index >= 15 is 0 Å². The molecule has 2 aromatic heterocycles. The molecule has 0 unspecified atom stereocenters. The molecular weight excluding hydrogens is 369 g/mol. The molecule has 0 amide bonds. The molecule has 0 saturated heterocycles. The van der Waals surface area contributed by atoms with E-state index in [-0.39, 0.29) is 33.7 Å². The van der Waals surface area contributed by atoms with E-state index in [0.29, 0.717) is 0 Å². The van der Waals surface area contributed by atoms with Crippen LogP contribution in [0.4, 0.5) is 13.2 Å². The van der Waals surface area contributed by atoms with Gasteiger partial charge in [0.15, 0.2) is 0 Å². The van der Waals surface area contributed by atoms with Crippen molar-refractivity contribution in [2.45, 2.75) is 20.0 Å². The van der Waals surface area contributed by atoms with E-state index < -0.39 is 17.8 Å². The molecule has 2 rings (SSSR count). The highest BCUT2D eigenvalue weighted by Gasteiger charge is 2.34. The lowest BCUT2D eigenvalue weighted by Gasteiger charge is -2.09. The van der Waals surface area contributed by atoms with Crippen LogP contribution in [0, 0.1) is 6.92 Å². The van der Waals surface area contributed by atoms with Crippen molar-refractivity contribution in [1.82, 2.24) is 10.1 Å². The van der Waals surface area contributed by atoms with E-state index in [9.17, 15) is 18.0 Å². The summed E-state index contributed by atoms with van der Waals surface area (Å²) in [5.41, 5.74) is -1.10. The van der Waals surface area contributed by atoms with E-state index in [1.807, 2.05) is 0 Å². The van der Waals surface area contributed by atoms with Crippen LogP contribution in [0.15, 0.2) is 21.3 Å². The predicted octanol–water partition coefficient (Wildman–Crippen LogP) is 4.00. The summed E-state index contributed by atoms with van der Waals surface area (Å²) < 4.78 is 48.4. The topological polar surface area (TPSA) is 65.2 Å². The number of pyridine rings is 1. The van der Waals surface area contributed by atoms with Gasteiger partial charge in [0.05, 0.1) is 6.61 Å². The first-order valence-electron chi connectivity index (χ1n) is 6.12. The van der Waals surface area contributed by atoms with Gasteiger partial charge in [-0.05, 0) is 35.8 Å². The number of ether oxygens (including phenoxy) is 1. The standard InChI is InChI=1S/C13H10BrF3N2O3/c1-3-21-12(20)10-6(2)22-19-11(10)7-4-9(13(15,16)17)18-5-8(7)14/h4-5H,3H2,1-2H3. The number of carbonyl (C=O) groups excluding carboxylic acids is 1. The van der Waals surface area contributed by atoms with E-state index in [1.54, 1.807) is 6.92 Å². The van der Waals surface area contributed by atoms with E-state index in [0.717, 1.165) is 12.3 Å². The number of halogens is 4. The number of aryl methyl sites for hydroxylation is 1. The summed E-state index contributed by atoms with van der Waals surface area (Å²) in [6, 6.07) is 0.796. The third-order valence-corrected chi connectivity index (χ3v) is 3.38. The minimum atomic E-state index is -4.61. The predicted molar refractivity (Wildman–Crippen MR) is 73.1 cm³/mol. The molecule has 0 aliphatic heterocycles. The molecule has 2 heterocycles. The maximum atomic E-state index is 12.8. The van der Waals surface area contributed by atoms with Crippen LogP contribution in [0.2, 0.25) is 0 Å². The Balaban J connectivity index is 2.60. The van der Waals surface area contributed by atoms with Crippen molar-refractivity contribution in [3.8, 4) is 11.3 Å². The van der Waals surface area contributed by atoms with Crippen LogP contribution in [-0.2, 0) is 10.9 Å². The number of hydrogen-bond donors (Lipinski definition) is 0. The fraction of sp³-hybridized carbons (Fsp3) is 0.308. The van der Waals surface area contributed by atoms with Gasteiger partial charge in [0.1, 0.15) is 22.7 Å². The highest BCUT2D eigenvalue weighted by Crippen LogP contribution is 2.36. The number of nitrogens with zero attached hydrogens (tertiary/aromatic N) is 2. The van der Waals surface area contributed by atoms with Crippen LogP contribution in [-0.4, -0.2) is 22.7 Å². The first-order chi connectivity index (χ1) is 10.3. The minimum Gasteiger partial charge on any atom is -0.462 e. The molecule has 0 atom stereocenters. The largest absolute Gasteiger partial charge is 0.462 e. The van der Waals surface area contributed by atoms with Gasteiger partial charge in [-0.2, -0.15) is 13.2 Å². The van der Waals surface area contributed by atoms with Crippen LogP contribution in [0.1, 0.15) is 28.7 Å². The second-order valence-corrected chi connectivity index (χ2v) is 5.08. The molecule has 0 aromatic carbocycles. The molecule has 0 aliphatic rings. The number of alkyl halides is 3. The van der Waals surface area contributed by atoms with Crippen molar-refractivity contribution >= 4 is 21.9 Å². The highest BCUT2D eigenvalue weighted by molar-refractivity contribution is 9.10. The van der Waals surface area contributed by atoms with Crippen LogP contribution >= 0.6 is 15.9 Å². The van der Waals surface area contributed by atoms with Gasteiger partial charge in [0.25, 0.3) is 0 Å². The third-order valence-electron chi connectivity index (χ3n) is 2.74. The summed E-state index contributed by atoms with van der Waals surface area (Å²) in [6.07, 6.45) is -3.62. The zero-order valence-electron chi connectivity index (χ0n) is 11.5. The lowest BCUT2D eigenvalue weighted by atomic mass is 10.1. The molecule has 0 saturated carbocycles. The van der Waals surface area contributed by atoms with E-state index in [2.05, 4.69) is 26.1 Å². The van der Waals surface area contributed by atoms with Crippen molar-refractivity contribution in [2.75, 3.05) is 6.61 Å². The normalized spacial score (nSPS) is 11.5. The summed E-state index contributed by atoms with van der Waals surface area (Å²) in [5, 5.41) is 3.67. The molecule has 5 nitrogen and oxygen atoms in total. The number of hydrogen-bond acceptors (Lipinski definition) is 5. The Morgan fingerprint density at radius 3 is 2.73 bits per heavy atom. The maximum absolute atomic E-state index is 12.8. The molecule has 118 valence electrons. The molecule has 0 spiro atoms. The number of aromatic nitrogens is 2. The van der Waals surface area contributed by atoms with Crippen molar-refractivity contribution < 1.29 is 27.2 Å². The lowest BCUT2D eigenvalue weighted by Crippen LogP contribution is -2.09. The second kappa shape index (κ2) is 6.07. The Labute approximate surface area is 131 Å². The van der Waals surface area contributed by atoms with Crippen molar-refractivity contribution in [3.63, 3.8) is 0 Å². The van der Waals surface area contributed by atoms with Crippen molar-refractivity contribution in [1.29, 1.82) is 0 Å². The fourth-order valence-corrected chi connectivity index (χ4v) is 2.18. The molecule has 0 fully saturated rings. The van der Waals surface area contributed by atoms with Crippen LogP contribution < -0.4 is 0 Å². The van der Waals surface area contributed by atoms with Gasteiger partial charge >= 0.3 is 12.1 Å². The van der Waals surface area contributed by atoms with Gasteiger partial charge in [0.2, 0.25) is 0 Å². The molecular formula is C13H10BrF3N2O3. The van der Waals surface area contributed by atoms with Crippen LogP contribution in [0.5, 0.6) is 0 Å². The Bertz CT molecular complexity index is 713. The Morgan fingerprint density at radius 1 is 1.45 bits per heavy atom. The Morgan fingerprint density at radius 2 is 2.14 bits per heavy atom. The molecule has 2 aromatic rings. The van der Waals surface area contributed by atoms with E-state index in [4.69, 9.17) is 9.26 Å². The first kappa shape index (κ1) is 16.5. The zero-order valence-corrected chi connectivity index (χ0v) is 13.1. The lowest BCUT2D eigenvalue weighted by molar-refractivity contribution is -0.141.